The summed E-state index contributed by atoms with van der Waals surface area (Å²) in [6, 6.07) is 11.9. The van der Waals surface area contributed by atoms with Gasteiger partial charge in [0.1, 0.15) is 5.54 Å². The Hall–Kier alpha value is -3.27. The summed E-state index contributed by atoms with van der Waals surface area (Å²) < 4.78 is 37.8. The van der Waals surface area contributed by atoms with Crippen molar-refractivity contribution in [2.45, 2.75) is 35.3 Å². The molecule has 3 aromatic rings. The molecule has 2 aliphatic rings. The lowest BCUT2D eigenvalue weighted by Crippen LogP contribution is -2.36. The van der Waals surface area contributed by atoms with E-state index in [4.69, 9.17) is 5.73 Å². The minimum Gasteiger partial charge on any atom is -0.398 e. The maximum Gasteiger partial charge on any atom is 0.446 e. The molecule has 0 radical (unpaired) electrons. The van der Waals surface area contributed by atoms with Crippen molar-refractivity contribution in [3.8, 4) is 0 Å². The first-order valence-electron chi connectivity index (χ1n) is 9.84. The molecule has 2 heterocycles. The number of nitrogens with two attached hydrogens (primary N) is 1. The van der Waals surface area contributed by atoms with E-state index in [0.29, 0.717) is 24.0 Å². The molecule has 1 saturated carbocycles. The van der Waals surface area contributed by atoms with Crippen molar-refractivity contribution in [3.63, 3.8) is 0 Å². The van der Waals surface area contributed by atoms with Crippen LogP contribution in [0.15, 0.2) is 59.6 Å². The normalized spacial score (nSPS) is 17.6. The van der Waals surface area contributed by atoms with Gasteiger partial charge in [-0.3, -0.25) is 9.78 Å². The highest BCUT2D eigenvalue weighted by Gasteiger charge is 2.65. The number of fused-ring (bicyclic) bond motifs is 1. The lowest BCUT2D eigenvalue weighted by atomic mass is 10.1. The van der Waals surface area contributed by atoms with Crippen molar-refractivity contribution in [1.29, 1.82) is 0 Å². The third-order valence-electron chi connectivity index (χ3n) is 5.81. The standard InChI is InChI=1S/C22H17F3N4O2S/c23-22(24,25)32-15-6-4-14(5-7-15)29-19(30)21(9-10-21)28(20(29)31)12-13-8-11-27-17-3-1-2-16(26)18(13)17/h1-8,11H,9-10,12,26H2. The lowest BCUT2D eigenvalue weighted by Gasteiger charge is -2.22. The number of hydrogen-bond donors (Lipinski definition) is 1. The number of aromatic nitrogens is 1. The van der Waals surface area contributed by atoms with E-state index < -0.39 is 17.1 Å². The van der Waals surface area contributed by atoms with Crippen LogP contribution < -0.4 is 10.6 Å². The van der Waals surface area contributed by atoms with E-state index in [2.05, 4.69) is 4.98 Å². The fourth-order valence-corrected chi connectivity index (χ4v) is 4.71. The third-order valence-corrected chi connectivity index (χ3v) is 6.55. The molecule has 0 atom stereocenters. The summed E-state index contributed by atoms with van der Waals surface area (Å²) in [7, 11) is 0. The Morgan fingerprint density at radius 1 is 1.06 bits per heavy atom. The maximum absolute atomic E-state index is 13.3. The predicted octanol–water partition coefficient (Wildman–Crippen LogP) is 4.93. The van der Waals surface area contributed by atoms with Crippen LogP contribution >= 0.6 is 11.8 Å². The monoisotopic (exact) mass is 458 g/mol. The Morgan fingerprint density at radius 2 is 1.78 bits per heavy atom. The number of carbonyl (C=O) groups excluding carboxylic acids is 2. The molecule has 0 unspecified atom stereocenters. The minimum atomic E-state index is -4.41. The second-order valence-corrected chi connectivity index (χ2v) is 8.93. The first-order chi connectivity index (χ1) is 15.2. The Morgan fingerprint density at radius 3 is 2.44 bits per heavy atom. The molecular weight excluding hydrogens is 441 g/mol. The van der Waals surface area contributed by atoms with Gasteiger partial charge in [-0.1, -0.05) is 6.07 Å². The van der Waals surface area contributed by atoms with Crippen molar-refractivity contribution in [1.82, 2.24) is 9.88 Å². The van der Waals surface area contributed by atoms with Crippen molar-refractivity contribution in [2.24, 2.45) is 0 Å². The van der Waals surface area contributed by atoms with Gasteiger partial charge in [0.2, 0.25) is 0 Å². The number of nitrogen functional groups attached to an aromatic ring is 1. The number of imide groups is 1. The SMILES string of the molecule is Nc1cccc2nccc(CN3C(=O)N(c4ccc(SC(F)(F)F)cc4)C(=O)C34CC4)c12. The maximum atomic E-state index is 13.3. The highest BCUT2D eigenvalue weighted by Crippen LogP contribution is 2.50. The van der Waals surface area contributed by atoms with Crippen LogP contribution in [-0.4, -0.2) is 32.9 Å². The van der Waals surface area contributed by atoms with Gasteiger partial charge in [-0.05, 0) is 72.6 Å². The van der Waals surface area contributed by atoms with Gasteiger partial charge in [-0.25, -0.2) is 9.69 Å². The number of rotatable bonds is 4. The molecule has 164 valence electrons. The number of hydrogen-bond acceptors (Lipinski definition) is 5. The Labute approximate surface area is 185 Å². The van der Waals surface area contributed by atoms with Crippen LogP contribution in [0.2, 0.25) is 0 Å². The summed E-state index contributed by atoms with van der Waals surface area (Å²) in [6.07, 6.45) is 2.71. The van der Waals surface area contributed by atoms with Gasteiger partial charge in [-0.15, -0.1) is 0 Å². The van der Waals surface area contributed by atoms with Gasteiger partial charge in [0.15, 0.2) is 0 Å². The summed E-state index contributed by atoms with van der Waals surface area (Å²) in [5.41, 5.74) is 3.07. The highest BCUT2D eigenvalue weighted by atomic mass is 32.2. The van der Waals surface area contributed by atoms with E-state index in [9.17, 15) is 22.8 Å². The zero-order chi connectivity index (χ0) is 22.7. The molecule has 0 bridgehead atoms. The van der Waals surface area contributed by atoms with E-state index >= 15 is 0 Å². The molecule has 2 N–H and O–H groups in total. The molecule has 1 saturated heterocycles. The average Bonchev–Trinajstić information content (AvgIpc) is 3.51. The first-order valence-corrected chi connectivity index (χ1v) is 10.7. The van der Waals surface area contributed by atoms with Crippen molar-refractivity contribution in [2.75, 3.05) is 10.6 Å². The van der Waals surface area contributed by atoms with Crippen LogP contribution in [0.3, 0.4) is 0 Å². The molecule has 2 fully saturated rings. The van der Waals surface area contributed by atoms with Gasteiger partial charge in [0.25, 0.3) is 5.91 Å². The molecule has 3 amide bonds. The Balaban J connectivity index is 1.47. The van der Waals surface area contributed by atoms with Crippen molar-refractivity contribution < 1.29 is 22.8 Å². The number of benzene rings is 2. The number of anilines is 2. The summed E-state index contributed by atoms with van der Waals surface area (Å²) in [5, 5.41) is 0.734. The topological polar surface area (TPSA) is 79.5 Å². The predicted molar refractivity (Wildman–Crippen MR) is 115 cm³/mol. The summed E-state index contributed by atoms with van der Waals surface area (Å²) in [4.78, 5) is 33.4. The molecule has 1 aliphatic heterocycles. The van der Waals surface area contributed by atoms with Crippen LogP contribution in [0.1, 0.15) is 18.4 Å². The van der Waals surface area contributed by atoms with Crippen LogP contribution in [-0.2, 0) is 11.3 Å². The molecule has 5 rings (SSSR count). The van der Waals surface area contributed by atoms with Crippen LogP contribution in [0.25, 0.3) is 10.9 Å². The fraction of sp³-hybridized carbons (Fsp3) is 0.227. The number of amides is 3. The van der Waals surface area contributed by atoms with E-state index in [1.54, 1.807) is 24.4 Å². The number of halogens is 3. The minimum absolute atomic E-state index is 0.0166. The zero-order valence-corrected chi connectivity index (χ0v) is 17.4. The average molecular weight is 458 g/mol. The highest BCUT2D eigenvalue weighted by molar-refractivity contribution is 8.00. The number of nitrogens with zero attached hydrogens (tertiary/aromatic N) is 3. The Bertz CT molecular complexity index is 1240. The molecule has 1 aliphatic carbocycles. The second kappa shape index (κ2) is 7.13. The van der Waals surface area contributed by atoms with E-state index in [-0.39, 0.29) is 34.8 Å². The van der Waals surface area contributed by atoms with Crippen molar-refractivity contribution >= 4 is 46.0 Å². The van der Waals surface area contributed by atoms with E-state index in [1.807, 2.05) is 6.07 Å². The van der Waals surface area contributed by atoms with Crippen LogP contribution in [0.4, 0.5) is 29.3 Å². The zero-order valence-electron chi connectivity index (χ0n) is 16.6. The first kappa shape index (κ1) is 20.6. The summed E-state index contributed by atoms with van der Waals surface area (Å²) in [6.45, 7) is 0.177. The molecule has 32 heavy (non-hydrogen) atoms. The number of alkyl halides is 3. The van der Waals surface area contributed by atoms with Crippen LogP contribution in [0, 0.1) is 0 Å². The molecule has 1 spiro atoms. The largest absolute Gasteiger partial charge is 0.446 e. The molecule has 10 heteroatoms. The van der Waals surface area contributed by atoms with Gasteiger partial charge >= 0.3 is 11.5 Å². The fourth-order valence-electron chi connectivity index (χ4n) is 4.17. The quantitative estimate of drug-likeness (QED) is 0.341. The molecule has 6 nitrogen and oxygen atoms in total. The molecule has 1 aromatic heterocycles. The van der Waals surface area contributed by atoms with Gasteiger partial charge in [-0.2, -0.15) is 13.2 Å². The number of thioether (sulfide) groups is 1. The lowest BCUT2D eigenvalue weighted by molar-refractivity contribution is -0.120. The Kier molecular flexibility index (Phi) is 4.59. The van der Waals surface area contributed by atoms with E-state index in [1.165, 1.54) is 29.2 Å². The second-order valence-electron chi connectivity index (χ2n) is 7.79. The van der Waals surface area contributed by atoms with Gasteiger partial charge in [0.05, 0.1) is 11.2 Å². The third kappa shape index (κ3) is 3.35. The van der Waals surface area contributed by atoms with Crippen molar-refractivity contribution in [3.05, 3.63) is 60.3 Å². The number of pyridine rings is 1. The van der Waals surface area contributed by atoms with E-state index in [0.717, 1.165) is 15.8 Å². The summed E-state index contributed by atoms with van der Waals surface area (Å²) in [5.74, 6) is -0.356. The number of urea groups is 1. The number of carbonyl (C=O) groups is 2. The molecule has 2 aromatic carbocycles. The molecular formula is C22H17F3N4O2S. The van der Waals surface area contributed by atoms with Crippen LogP contribution in [0.5, 0.6) is 0 Å². The van der Waals surface area contributed by atoms with Gasteiger partial charge < -0.3 is 10.6 Å². The summed E-state index contributed by atoms with van der Waals surface area (Å²) >= 11 is -0.246. The smallest absolute Gasteiger partial charge is 0.398 e. The van der Waals surface area contributed by atoms with Gasteiger partial charge in [0, 0.05) is 28.7 Å².